The highest BCUT2D eigenvalue weighted by Crippen LogP contribution is 2.46. The molecule has 2 aliphatic rings. The molecule has 1 aromatic rings. The number of nitrogens with two attached hydrogens (primary N) is 1. The van der Waals surface area contributed by atoms with Crippen LogP contribution < -0.4 is 10.5 Å². The zero-order valence-corrected chi connectivity index (χ0v) is 11.7. The summed E-state index contributed by atoms with van der Waals surface area (Å²) in [6, 6.07) is 6.25. The minimum absolute atomic E-state index is 0.0750. The Labute approximate surface area is 111 Å². The van der Waals surface area contributed by atoms with Crippen molar-refractivity contribution in [2.75, 3.05) is 0 Å². The van der Waals surface area contributed by atoms with Gasteiger partial charge >= 0.3 is 0 Å². The lowest BCUT2D eigenvalue weighted by Crippen LogP contribution is -2.40. The van der Waals surface area contributed by atoms with Crippen LogP contribution in [0.3, 0.4) is 0 Å². The van der Waals surface area contributed by atoms with Crippen molar-refractivity contribution in [1.29, 1.82) is 0 Å². The molecule has 92 valence electrons. The highest BCUT2D eigenvalue weighted by atomic mass is 79.9. The Morgan fingerprint density at radius 3 is 2.94 bits per heavy atom. The molecule has 1 saturated carbocycles. The number of hydrogen-bond donors (Lipinski definition) is 1. The van der Waals surface area contributed by atoms with E-state index in [1.807, 2.05) is 12.1 Å². The fourth-order valence-corrected chi connectivity index (χ4v) is 3.18. The summed E-state index contributed by atoms with van der Waals surface area (Å²) in [4.78, 5) is 0. The van der Waals surface area contributed by atoms with Crippen LogP contribution in [0.4, 0.5) is 0 Å². The highest BCUT2D eigenvalue weighted by molar-refractivity contribution is 9.10. The van der Waals surface area contributed by atoms with E-state index in [1.165, 1.54) is 12.8 Å². The Morgan fingerprint density at radius 1 is 1.47 bits per heavy atom. The molecule has 2 N–H and O–H groups in total. The lowest BCUT2D eigenvalue weighted by Gasteiger charge is -2.39. The Hall–Kier alpha value is -0.540. The van der Waals surface area contributed by atoms with Gasteiger partial charge in [-0.2, -0.15) is 0 Å². The van der Waals surface area contributed by atoms with Crippen LogP contribution in [0.5, 0.6) is 5.75 Å². The van der Waals surface area contributed by atoms with Gasteiger partial charge in [-0.25, -0.2) is 0 Å². The highest BCUT2D eigenvalue weighted by Gasteiger charge is 2.40. The Kier molecular flexibility index (Phi) is 2.71. The zero-order chi connectivity index (χ0) is 12.0. The first-order chi connectivity index (χ1) is 8.06. The van der Waals surface area contributed by atoms with Gasteiger partial charge in [0.2, 0.25) is 0 Å². The Balaban J connectivity index is 1.89. The van der Waals surface area contributed by atoms with Crippen LogP contribution in [-0.4, -0.2) is 5.60 Å². The number of ether oxygens (including phenoxy) is 1. The van der Waals surface area contributed by atoms with Crippen molar-refractivity contribution in [2.45, 2.75) is 44.2 Å². The van der Waals surface area contributed by atoms with Gasteiger partial charge in [0.15, 0.2) is 0 Å². The molecule has 0 bridgehead atoms. The number of benzene rings is 1. The molecule has 3 heteroatoms. The first kappa shape index (κ1) is 11.5. The van der Waals surface area contributed by atoms with Crippen molar-refractivity contribution < 1.29 is 4.74 Å². The Bertz CT molecular complexity index is 444. The molecule has 1 unspecified atom stereocenters. The molecular formula is C14H18BrNO. The van der Waals surface area contributed by atoms with E-state index in [2.05, 4.69) is 28.9 Å². The molecule has 1 aliphatic carbocycles. The number of fused-ring (bicyclic) bond motifs is 1. The second kappa shape index (κ2) is 3.99. The molecule has 2 nitrogen and oxygen atoms in total. The Morgan fingerprint density at radius 2 is 2.24 bits per heavy atom. The average molecular weight is 296 g/mol. The molecule has 0 saturated heterocycles. The van der Waals surface area contributed by atoms with Gasteiger partial charge in [0.1, 0.15) is 11.4 Å². The lowest BCUT2D eigenvalue weighted by molar-refractivity contribution is 0.0401. The molecule has 1 aliphatic heterocycles. The summed E-state index contributed by atoms with van der Waals surface area (Å²) in [7, 11) is 0. The van der Waals surface area contributed by atoms with Crippen molar-refractivity contribution >= 4 is 15.9 Å². The van der Waals surface area contributed by atoms with E-state index in [4.69, 9.17) is 10.5 Å². The fraction of sp³-hybridized carbons (Fsp3) is 0.571. The van der Waals surface area contributed by atoms with E-state index in [9.17, 15) is 0 Å². The maximum atomic E-state index is 6.27. The largest absolute Gasteiger partial charge is 0.487 e. The smallest absolute Gasteiger partial charge is 0.126 e. The monoisotopic (exact) mass is 295 g/mol. The maximum Gasteiger partial charge on any atom is 0.126 e. The minimum Gasteiger partial charge on any atom is -0.487 e. The third-order valence-electron chi connectivity index (χ3n) is 3.80. The van der Waals surface area contributed by atoms with Crippen molar-refractivity contribution in [1.82, 2.24) is 0 Å². The van der Waals surface area contributed by atoms with Crippen LogP contribution in [0.2, 0.25) is 0 Å². The van der Waals surface area contributed by atoms with Gasteiger partial charge in [-0.05, 0) is 31.4 Å². The zero-order valence-electron chi connectivity index (χ0n) is 10.1. The van der Waals surface area contributed by atoms with E-state index in [0.717, 1.165) is 34.5 Å². The molecule has 0 aromatic heterocycles. The van der Waals surface area contributed by atoms with Gasteiger partial charge in [0, 0.05) is 22.5 Å². The van der Waals surface area contributed by atoms with Gasteiger partial charge in [-0.1, -0.05) is 34.8 Å². The van der Waals surface area contributed by atoms with Crippen molar-refractivity contribution in [3.63, 3.8) is 0 Å². The first-order valence-corrected chi connectivity index (χ1v) is 7.09. The van der Waals surface area contributed by atoms with Gasteiger partial charge in [-0.3, -0.25) is 0 Å². The molecule has 0 amide bonds. The molecule has 3 rings (SSSR count). The summed E-state index contributed by atoms with van der Waals surface area (Å²) in [5.74, 6) is 1.82. The van der Waals surface area contributed by atoms with Crippen molar-refractivity contribution in [3.8, 4) is 5.75 Å². The summed E-state index contributed by atoms with van der Waals surface area (Å²) in [5.41, 5.74) is 7.34. The topological polar surface area (TPSA) is 35.2 Å². The molecular weight excluding hydrogens is 278 g/mol. The van der Waals surface area contributed by atoms with Crippen molar-refractivity contribution in [2.24, 2.45) is 11.7 Å². The second-order valence-corrected chi connectivity index (χ2v) is 6.61. The average Bonchev–Trinajstić information content (AvgIpc) is 2.99. The van der Waals surface area contributed by atoms with Gasteiger partial charge in [0.25, 0.3) is 0 Å². The van der Waals surface area contributed by atoms with E-state index in [1.54, 1.807) is 0 Å². The van der Waals surface area contributed by atoms with Gasteiger partial charge < -0.3 is 10.5 Å². The van der Waals surface area contributed by atoms with E-state index >= 15 is 0 Å². The van der Waals surface area contributed by atoms with Crippen LogP contribution in [-0.2, 0) is 0 Å². The summed E-state index contributed by atoms with van der Waals surface area (Å²) in [6.45, 7) is 2.20. The predicted molar refractivity (Wildman–Crippen MR) is 72.1 cm³/mol. The SMILES string of the molecule is CC1(CC2CC2)C[C@@H](N)c2ccc(Br)cc2O1. The summed E-state index contributed by atoms with van der Waals surface area (Å²) in [5, 5.41) is 0. The summed E-state index contributed by atoms with van der Waals surface area (Å²) >= 11 is 3.49. The van der Waals surface area contributed by atoms with Crippen LogP contribution in [0.15, 0.2) is 22.7 Å². The number of halogens is 1. The van der Waals surface area contributed by atoms with Gasteiger partial charge in [0.05, 0.1) is 0 Å². The van der Waals surface area contributed by atoms with E-state index in [0.29, 0.717) is 0 Å². The standard InChI is InChI=1S/C14H18BrNO/c1-14(7-9-2-3-9)8-12(16)11-5-4-10(15)6-13(11)17-14/h4-6,9,12H,2-3,7-8,16H2,1H3/t12-,14?/m1/s1. The third-order valence-corrected chi connectivity index (χ3v) is 4.29. The maximum absolute atomic E-state index is 6.27. The first-order valence-electron chi connectivity index (χ1n) is 6.30. The normalized spacial score (nSPS) is 31.8. The number of hydrogen-bond acceptors (Lipinski definition) is 2. The molecule has 1 fully saturated rings. The van der Waals surface area contributed by atoms with Crippen molar-refractivity contribution in [3.05, 3.63) is 28.2 Å². The molecule has 1 heterocycles. The number of rotatable bonds is 2. The quantitative estimate of drug-likeness (QED) is 0.901. The van der Waals surface area contributed by atoms with E-state index < -0.39 is 0 Å². The summed E-state index contributed by atoms with van der Waals surface area (Å²) in [6.07, 6.45) is 4.80. The molecule has 1 aromatic carbocycles. The predicted octanol–water partition coefficient (Wildman–Crippen LogP) is 3.79. The minimum atomic E-state index is -0.0750. The molecule has 2 atom stereocenters. The van der Waals surface area contributed by atoms with Crippen LogP contribution >= 0.6 is 15.9 Å². The third kappa shape index (κ3) is 2.36. The van der Waals surface area contributed by atoms with E-state index in [-0.39, 0.29) is 11.6 Å². The summed E-state index contributed by atoms with van der Waals surface area (Å²) < 4.78 is 7.27. The van der Waals surface area contributed by atoms with Crippen LogP contribution in [0.25, 0.3) is 0 Å². The molecule has 17 heavy (non-hydrogen) atoms. The fourth-order valence-electron chi connectivity index (χ4n) is 2.84. The second-order valence-electron chi connectivity index (χ2n) is 5.69. The molecule has 0 spiro atoms. The molecule has 0 radical (unpaired) electrons. The van der Waals surface area contributed by atoms with Crippen LogP contribution in [0, 0.1) is 5.92 Å². The lowest BCUT2D eigenvalue weighted by atomic mass is 9.85. The van der Waals surface area contributed by atoms with Gasteiger partial charge in [-0.15, -0.1) is 0 Å². The van der Waals surface area contributed by atoms with Crippen LogP contribution in [0.1, 0.15) is 44.2 Å².